The van der Waals surface area contributed by atoms with E-state index in [1.807, 2.05) is 68.7 Å². The first-order valence-electron chi connectivity index (χ1n) is 10.5. The topological polar surface area (TPSA) is 89.9 Å². The van der Waals surface area contributed by atoms with Gasteiger partial charge in [-0.1, -0.05) is 26.0 Å². The molecule has 4 rings (SSSR count). The lowest BCUT2D eigenvalue weighted by atomic mass is 10.1. The number of ether oxygens (including phenoxy) is 1. The van der Waals surface area contributed by atoms with E-state index >= 15 is 0 Å². The maximum absolute atomic E-state index is 12.3. The van der Waals surface area contributed by atoms with Crippen LogP contribution >= 0.6 is 0 Å². The Labute approximate surface area is 181 Å². The molecule has 2 aliphatic heterocycles. The minimum Gasteiger partial charge on any atom is -0.497 e. The van der Waals surface area contributed by atoms with Crippen LogP contribution in [0.5, 0.6) is 5.75 Å². The maximum atomic E-state index is 12.3. The van der Waals surface area contributed by atoms with E-state index in [2.05, 4.69) is 15.0 Å². The molecule has 7 nitrogen and oxygen atoms in total. The number of H-pyrrole nitrogens is 1. The fourth-order valence-electron chi connectivity index (χ4n) is 3.51. The van der Waals surface area contributed by atoms with Gasteiger partial charge in [-0.25, -0.2) is 9.78 Å². The molecule has 0 bridgehead atoms. The summed E-state index contributed by atoms with van der Waals surface area (Å²) in [5.74, 6) is 1.15. The van der Waals surface area contributed by atoms with Crippen LogP contribution in [0.3, 0.4) is 0 Å². The van der Waals surface area contributed by atoms with Crippen LogP contribution in [0.1, 0.15) is 37.0 Å². The van der Waals surface area contributed by atoms with Crippen molar-refractivity contribution in [1.29, 1.82) is 0 Å². The van der Waals surface area contributed by atoms with E-state index in [1.54, 1.807) is 7.11 Å². The zero-order valence-corrected chi connectivity index (χ0v) is 18.7. The Morgan fingerprint density at radius 1 is 1.00 bits per heavy atom. The monoisotopic (exact) mass is 420 g/mol. The summed E-state index contributed by atoms with van der Waals surface area (Å²) in [6.07, 6.45) is 1.67. The van der Waals surface area contributed by atoms with Crippen LogP contribution in [0, 0.1) is 13.8 Å². The van der Waals surface area contributed by atoms with Crippen LogP contribution in [-0.4, -0.2) is 26.6 Å². The first-order valence-corrected chi connectivity index (χ1v) is 10.5. The first kappa shape index (κ1) is 22.2. The molecule has 0 spiro atoms. The van der Waals surface area contributed by atoms with Gasteiger partial charge < -0.3 is 9.30 Å². The van der Waals surface area contributed by atoms with Gasteiger partial charge in [0, 0.05) is 6.54 Å². The number of rotatable bonds is 5. The van der Waals surface area contributed by atoms with E-state index in [0.29, 0.717) is 12.4 Å². The van der Waals surface area contributed by atoms with Gasteiger partial charge >= 0.3 is 5.69 Å². The first-order chi connectivity index (χ1) is 15.0. The highest BCUT2D eigenvalue weighted by Crippen LogP contribution is 2.24. The number of fused-ring (bicyclic) bond motifs is 2. The Hall–Kier alpha value is -3.48. The summed E-state index contributed by atoms with van der Waals surface area (Å²) in [6, 6.07) is 12.0. The summed E-state index contributed by atoms with van der Waals surface area (Å²) in [5, 5.41) is 0. The molecule has 1 N–H and O–H groups in total. The number of aromatic amines is 1. The van der Waals surface area contributed by atoms with E-state index in [0.717, 1.165) is 40.8 Å². The molecule has 0 aromatic heterocycles. The highest BCUT2D eigenvalue weighted by molar-refractivity contribution is 5.81. The average molecular weight is 421 g/mol. The van der Waals surface area contributed by atoms with Gasteiger partial charge in [-0.2, -0.15) is 4.98 Å². The van der Waals surface area contributed by atoms with Gasteiger partial charge in [-0.05, 0) is 67.6 Å². The van der Waals surface area contributed by atoms with Gasteiger partial charge in [-0.15, -0.1) is 0 Å². The smallest absolute Gasteiger partial charge is 0.349 e. The molecular formula is C24H28N4O3. The van der Waals surface area contributed by atoms with E-state index in [-0.39, 0.29) is 5.69 Å². The molecule has 0 saturated carbocycles. The molecule has 0 aliphatic carbocycles. The summed E-state index contributed by atoms with van der Waals surface area (Å²) in [5.41, 5.74) is 4.01. The molecule has 0 atom stereocenters. The number of nitrogens with zero attached hydrogens (tertiary/aromatic N) is 3. The zero-order chi connectivity index (χ0) is 22.5. The molecule has 0 saturated heterocycles. The number of aromatic nitrogens is 4. The van der Waals surface area contributed by atoms with Crippen molar-refractivity contribution in [3.63, 3.8) is 0 Å². The van der Waals surface area contributed by atoms with Crippen LogP contribution in [0.2, 0.25) is 0 Å². The number of nitrogens with one attached hydrogen (secondary N) is 1. The normalized spacial score (nSPS) is 10.7. The summed E-state index contributed by atoms with van der Waals surface area (Å²) in [6.45, 7) is 8.66. The predicted octanol–water partition coefficient (Wildman–Crippen LogP) is 3.87. The Morgan fingerprint density at radius 3 is 2.35 bits per heavy atom. The van der Waals surface area contributed by atoms with Gasteiger partial charge in [-0.3, -0.25) is 9.78 Å². The summed E-state index contributed by atoms with van der Waals surface area (Å²) in [4.78, 5) is 34.9. The summed E-state index contributed by atoms with van der Waals surface area (Å²) >= 11 is 0. The molecule has 2 aliphatic rings. The third-order valence-corrected chi connectivity index (χ3v) is 5.23. The van der Waals surface area contributed by atoms with E-state index < -0.39 is 11.2 Å². The molecular weight excluding hydrogens is 392 g/mol. The molecule has 0 fully saturated rings. The van der Waals surface area contributed by atoms with Crippen molar-refractivity contribution in [3.8, 4) is 17.3 Å². The van der Waals surface area contributed by atoms with E-state index in [1.165, 1.54) is 5.56 Å². The van der Waals surface area contributed by atoms with Crippen molar-refractivity contribution in [2.45, 2.75) is 47.1 Å². The van der Waals surface area contributed by atoms with Crippen LogP contribution in [0.4, 0.5) is 0 Å². The fourth-order valence-corrected chi connectivity index (χ4v) is 3.51. The molecule has 7 heteroatoms. The molecule has 2 aromatic carbocycles. The Balaban J connectivity index is 0.00000132. The van der Waals surface area contributed by atoms with E-state index in [9.17, 15) is 9.59 Å². The SMILES string of the molecule is CC.COc1ccc(CCCn2c3nc(=O)[nH]c(=O)c-3nc3cc(C)c(C)cc32)cc1. The minimum atomic E-state index is -0.656. The van der Waals surface area contributed by atoms with Gasteiger partial charge in [0.2, 0.25) is 0 Å². The van der Waals surface area contributed by atoms with Crippen molar-refractivity contribution < 1.29 is 4.74 Å². The summed E-state index contributed by atoms with van der Waals surface area (Å²) < 4.78 is 7.14. The Kier molecular flexibility index (Phi) is 6.84. The average Bonchev–Trinajstić information content (AvgIpc) is 2.77. The molecule has 2 aromatic rings. The highest BCUT2D eigenvalue weighted by Gasteiger charge is 2.19. The molecule has 162 valence electrons. The number of methoxy groups -OCH3 is 1. The molecule has 31 heavy (non-hydrogen) atoms. The van der Waals surface area contributed by atoms with Crippen LogP contribution in [0.15, 0.2) is 46.0 Å². The lowest BCUT2D eigenvalue weighted by molar-refractivity contribution is 0.414. The standard InChI is InChI=1S/C22H22N4O3.C2H6/c1-13-11-17-18(12-14(13)2)26(20-19(23-17)21(27)25-22(28)24-20)10-4-5-15-6-8-16(29-3)9-7-15;1-2/h6-9,11-12H,4-5,10H2,1-3H3,(H,25,27,28);1-2H3. The van der Waals surface area contributed by atoms with Gasteiger partial charge in [0.1, 0.15) is 5.75 Å². The Bertz CT molecular complexity index is 1270. The van der Waals surface area contributed by atoms with Crippen LogP contribution < -0.4 is 16.0 Å². The van der Waals surface area contributed by atoms with Crippen molar-refractivity contribution in [3.05, 3.63) is 73.9 Å². The molecule has 0 radical (unpaired) electrons. The largest absolute Gasteiger partial charge is 0.497 e. The fraction of sp³-hybridized carbons (Fsp3) is 0.333. The second kappa shape index (κ2) is 9.55. The third-order valence-electron chi connectivity index (χ3n) is 5.23. The number of aryl methyl sites for hydroxylation is 4. The molecule has 0 unspecified atom stereocenters. The van der Waals surface area contributed by atoms with Crippen molar-refractivity contribution >= 4 is 11.0 Å². The highest BCUT2D eigenvalue weighted by atomic mass is 16.5. The van der Waals surface area contributed by atoms with Crippen molar-refractivity contribution in [2.24, 2.45) is 0 Å². The quantitative estimate of drug-likeness (QED) is 0.495. The van der Waals surface area contributed by atoms with Gasteiger partial charge in [0.05, 0.1) is 18.1 Å². The van der Waals surface area contributed by atoms with E-state index in [4.69, 9.17) is 4.74 Å². The molecule has 0 amide bonds. The van der Waals surface area contributed by atoms with Crippen molar-refractivity contribution in [2.75, 3.05) is 7.11 Å². The van der Waals surface area contributed by atoms with Crippen molar-refractivity contribution in [1.82, 2.24) is 19.5 Å². The zero-order valence-electron chi connectivity index (χ0n) is 18.7. The molecule has 2 heterocycles. The van der Waals surface area contributed by atoms with Crippen LogP contribution in [-0.2, 0) is 13.0 Å². The second-order valence-corrected chi connectivity index (χ2v) is 7.18. The number of hydrogen-bond acceptors (Lipinski definition) is 5. The van der Waals surface area contributed by atoms with Crippen LogP contribution in [0.25, 0.3) is 22.6 Å². The maximum Gasteiger partial charge on any atom is 0.349 e. The minimum absolute atomic E-state index is 0.185. The lowest BCUT2D eigenvalue weighted by Crippen LogP contribution is -2.29. The summed E-state index contributed by atoms with van der Waals surface area (Å²) in [7, 11) is 1.65. The predicted molar refractivity (Wildman–Crippen MR) is 123 cm³/mol. The second-order valence-electron chi connectivity index (χ2n) is 7.18. The van der Waals surface area contributed by atoms with Gasteiger partial charge in [0.25, 0.3) is 5.56 Å². The number of benzene rings is 2. The third kappa shape index (κ3) is 4.66. The lowest BCUT2D eigenvalue weighted by Gasteiger charge is -2.17. The number of hydrogen-bond donors (Lipinski definition) is 1. The van der Waals surface area contributed by atoms with Gasteiger partial charge in [0.15, 0.2) is 11.5 Å². The Morgan fingerprint density at radius 2 is 1.68 bits per heavy atom.